The monoisotopic (exact) mass is 864 g/mol. The number of furan rings is 1. The van der Waals surface area contributed by atoms with Crippen LogP contribution < -0.4 is 0 Å². The smallest absolute Gasteiger partial charge is 0.166 e. The Balaban J connectivity index is 1.06. The van der Waals surface area contributed by atoms with Gasteiger partial charge in [0.05, 0.1) is 22.1 Å². The summed E-state index contributed by atoms with van der Waals surface area (Å²) in [5.74, 6) is 1.77. The minimum absolute atomic E-state index is 0.570. The average Bonchev–Trinajstić information content (AvgIpc) is 3.93. The molecule has 0 amide bonds. The summed E-state index contributed by atoms with van der Waals surface area (Å²) in [6.45, 7) is 0. The number of para-hydroxylation sites is 1. The summed E-state index contributed by atoms with van der Waals surface area (Å²) in [4.78, 5) is 16.4. The Bertz CT molecular complexity index is 4500. The van der Waals surface area contributed by atoms with Gasteiger partial charge in [0, 0.05) is 32.8 Å². The van der Waals surface area contributed by atoms with Gasteiger partial charge in [0.15, 0.2) is 17.5 Å². The first-order valence-electron chi connectivity index (χ1n) is 23.1. The van der Waals surface area contributed by atoms with Crippen molar-refractivity contribution in [3.05, 3.63) is 218 Å². The molecule has 0 aliphatic rings. The standard InChI is InChI=1S/C63H36N4O/c1-3-15-41-35-56-53(33-39(41)13-1)51-19-9-10-20-55(51)67(56)60-52(29-30-57-59(60)54-34-40-14-2-4-16-42(40)36-58(54)68-57)63-65-61(45-25-27-49-43(31-45)23-21-37-11-5-7-17-47(37)49)64-62(66-63)46-26-28-50-44(32-46)24-22-38-12-6-8-18-48(38)50/h1-36H. The van der Waals surface area contributed by atoms with E-state index in [1.54, 1.807) is 0 Å². The van der Waals surface area contributed by atoms with Crippen molar-refractivity contribution in [1.29, 1.82) is 0 Å². The fraction of sp³-hybridized carbons (Fsp3) is 0. The fourth-order valence-corrected chi connectivity index (χ4v) is 10.9. The lowest BCUT2D eigenvalue weighted by Gasteiger charge is -2.16. The van der Waals surface area contributed by atoms with Gasteiger partial charge in [-0.05, 0) is 119 Å². The minimum atomic E-state index is 0.570. The van der Waals surface area contributed by atoms with Crippen molar-refractivity contribution in [1.82, 2.24) is 19.5 Å². The van der Waals surface area contributed by atoms with Crippen LogP contribution in [0.5, 0.6) is 0 Å². The molecular weight excluding hydrogens is 829 g/mol. The maximum Gasteiger partial charge on any atom is 0.166 e. The molecule has 0 unspecified atom stereocenters. The van der Waals surface area contributed by atoms with E-state index >= 15 is 0 Å². The Morgan fingerprint density at radius 2 is 0.779 bits per heavy atom. The van der Waals surface area contributed by atoms with E-state index in [9.17, 15) is 0 Å². The predicted molar refractivity (Wildman–Crippen MR) is 283 cm³/mol. The molecule has 0 radical (unpaired) electrons. The number of hydrogen-bond acceptors (Lipinski definition) is 4. The first kappa shape index (κ1) is 37.1. The van der Waals surface area contributed by atoms with Gasteiger partial charge in [0.1, 0.15) is 11.2 Å². The van der Waals surface area contributed by atoms with E-state index in [1.807, 2.05) is 0 Å². The van der Waals surface area contributed by atoms with Crippen LogP contribution in [-0.2, 0) is 0 Å². The number of rotatable bonds is 4. The second-order valence-corrected chi connectivity index (χ2v) is 18.0. The topological polar surface area (TPSA) is 56.7 Å². The molecule has 314 valence electrons. The van der Waals surface area contributed by atoms with Gasteiger partial charge in [-0.1, -0.05) is 164 Å². The maximum absolute atomic E-state index is 6.85. The van der Waals surface area contributed by atoms with Crippen molar-refractivity contribution in [3.63, 3.8) is 0 Å². The van der Waals surface area contributed by atoms with Crippen molar-refractivity contribution in [2.45, 2.75) is 0 Å². The van der Waals surface area contributed by atoms with E-state index in [2.05, 4.69) is 223 Å². The zero-order chi connectivity index (χ0) is 44.5. The van der Waals surface area contributed by atoms with Crippen LogP contribution in [-0.4, -0.2) is 19.5 Å². The second-order valence-electron chi connectivity index (χ2n) is 18.0. The lowest BCUT2D eigenvalue weighted by molar-refractivity contribution is 0.669. The van der Waals surface area contributed by atoms with E-state index in [0.29, 0.717) is 17.5 Å². The Morgan fingerprint density at radius 1 is 0.294 bits per heavy atom. The van der Waals surface area contributed by atoms with Gasteiger partial charge in [0.25, 0.3) is 0 Å². The molecule has 0 aliphatic heterocycles. The van der Waals surface area contributed by atoms with E-state index in [-0.39, 0.29) is 0 Å². The second kappa shape index (κ2) is 14.2. The summed E-state index contributed by atoms with van der Waals surface area (Å²) in [7, 11) is 0. The van der Waals surface area contributed by atoms with Crippen molar-refractivity contribution >= 4 is 108 Å². The lowest BCUT2D eigenvalue weighted by atomic mass is 9.99. The van der Waals surface area contributed by atoms with E-state index < -0.39 is 0 Å². The SMILES string of the molecule is c1ccc2cc3c(cc2c1)oc1ccc(-c2nc(-c4ccc5c(ccc6ccccc65)c4)nc(-c4ccc5c(ccc6ccccc65)c4)n2)c(-n2c4ccccc4c4cc5ccccc5cc42)c13. The zero-order valence-electron chi connectivity index (χ0n) is 36.5. The first-order chi connectivity index (χ1) is 33.7. The third kappa shape index (κ3) is 5.53. The highest BCUT2D eigenvalue weighted by molar-refractivity contribution is 6.20. The number of nitrogens with zero attached hydrogens (tertiary/aromatic N) is 4. The molecule has 3 aromatic heterocycles. The Kier molecular flexibility index (Phi) is 7.72. The van der Waals surface area contributed by atoms with Crippen molar-refractivity contribution in [3.8, 4) is 39.9 Å². The van der Waals surface area contributed by atoms with Crippen molar-refractivity contribution in [2.24, 2.45) is 0 Å². The van der Waals surface area contributed by atoms with Gasteiger partial charge in [0.2, 0.25) is 0 Å². The van der Waals surface area contributed by atoms with Crippen LogP contribution in [0.15, 0.2) is 223 Å². The highest BCUT2D eigenvalue weighted by Gasteiger charge is 2.25. The highest BCUT2D eigenvalue weighted by atomic mass is 16.3. The highest BCUT2D eigenvalue weighted by Crippen LogP contribution is 2.45. The molecule has 3 heterocycles. The summed E-state index contributed by atoms with van der Waals surface area (Å²) in [5, 5.41) is 18.5. The normalized spacial score (nSPS) is 12.1. The summed E-state index contributed by atoms with van der Waals surface area (Å²) < 4.78 is 9.27. The third-order valence-corrected chi connectivity index (χ3v) is 14.1. The number of hydrogen-bond donors (Lipinski definition) is 0. The van der Waals surface area contributed by atoms with E-state index in [4.69, 9.17) is 19.4 Å². The van der Waals surface area contributed by atoms with Gasteiger partial charge in [-0.25, -0.2) is 15.0 Å². The molecule has 5 heteroatoms. The number of benzene rings is 12. The first-order valence-corrected chi connectivity index (χ1v) is 23.1. The quantitative estimate of drug-likeness (QED) is 0.165. The fourth-order valence-electron chi connectivity index (χ4n) is 10.9. The molecule has 0 aliphatic carbocycles. The maximum atomic E-state index is 6.85. The van der Waals surface area contributed by atoms with Crippen molar-refractivity contribution in [2.75, 3.05) is 0 Å². The molecule has 5 nitrogen and oxygen atoms in total. The van der Waals surface area contributed by atoms with Crippen molar-refractivity contribution < 1.29 is 4.42 Å². The summed E-state index contributed by atoms with van der Waals surface area (Å²) in [6.07, 6.45) is 0. The summed E-state index contributed by atoms with van der Waals surface area (Å²) in [6, 6.07) is 78.2. The van der Waals surface area contributed by atoms with Crippen LogP contribution in [0, 0.1) is 0 Å². The largest absolute Gasteiger partial charge is 0.456 e. The number of aromatic nitrogens is 4. The Morgan fingerprint density at radius 3 is 1.41 bits per heavy atom. The number of fused-ring (bicyclic) bond motifs is 14. The van der Waals surface area contributed by atoms with Gasteiger partial charge >= 0.3 is 0 Å². The van der Waals surface area contributed by atoms with Gasteiger partial charge in [-0.15, -0.1) is 0 Å². The van der Waals surface area contributed by atoms with Gasteiger partial charge < -0.3 is 8.98 Å². The minimum Gasteiger partial charge on any atom is -0.456 e. The van der Waals surface area contributed by atoms with Gasteiger partial charge in [-0.2, -0.15) is 0 Å². The Hall–Kier alpha value is -9.19. The van der Waals surface area contributed by atoms with Crippen LogP contribution in [0.3, 0.4) is 0 Å². The van der Waals surface area contributed by atoms with Crippen LogP contribution in [0.25, 0.3) is 148 Å². The predicted octanol–water partition coefficient (Wildman–Crippen LogP) is 16.8. The van der Waals surface area contributed by atoms with Crippen LogP contribution in [0.2, 0.25) is 0 Å². The molecule has 0 fully saturated rings. The van der Waals surface area contributed by atoms with Crippen LogP contribution in [0.1, 0.15) is 0 Å². The zero-order valence-corrected chi connectivity index (χ0v) is 36.5. The van der Waals surface area contributed by atoms with Crippen LogP contribution in [0.4, 0.5) is 0 Å². The molecule has 68 heavy (non-hydrogen) atoms. The van der Waals surface area contributed by atoms with Gasteiger partial charge in [-0.3, -0.25) is 0 Å². The molecule has 0 saturated carbocycles. The molecule has 0 saturated heterocycles. The Labute approximate surface area is 388 Å². The van der Waals surface area contributed by atoms with Crippen LogP contribution >= 0.6 is 0 Å². The molecular formula is C63H36N4O. The molecule has 15 rings (SSSR count). The molecule has 12 aromatic carbocycles. The van der Waals surface area contributed by atoms with E-state index in [0.717, 1.165) is 76.9 Å². The lowest BCUT2D eigenvalue weighted by Crippen LogP contribution is -2.04. The molecule has 0 spiro atoms. The summed E-state index contributed by atoms with van der Waals surface area (Å²) >= 11 is 0. The molecule has 0 bridgehead atoms. The van der Waals surface area contributed by atoms with E-state index in [1.165, 1.54) is 53.9 Å². The molecule has 15 aromatic rings. The average molecular weight is 865 g/mol. The molecule has 0 N–H and O–H groups in total. The third-order valence-electron chi connectivity index (χ3n) is 14.1. The summed E-state index contributed by atoms with van der Waals surface area (Å²) in [5.41, 5.74) is 7.44. The molecule has 0 atom stereocenters.